The summed E-state index contributed by atoms with van der Waals surface area (Å²) in [7, 11) is 0. The molecule has 2 heterocycles. The molecule has 0 bridgehead atoms. The summed E-state index contributed by atoms with van der Waals surface area (Å²) in [6.07, 6.45) is 1.41. The Labute approximate surface area is 127 Å². The molecule has 1 aromatic carbocycles. The van der Waals surface area contributed by atoms with Crippen LogP contribution in [-0.2, 0) is 0 Å². The van der Waals surface area contributed by atoms with Gasteiger partial charge < -0.3 is 5.32 Å². The van der Waals surface area contributed by atoms with Crippen molar-refractivity contribution in [2.45, 2.75) is 13.8 Å². The van der Waals surface area contributed by atoms with E-state index >= 15 is 0 Å². The van der Waals surface area contributed by atoms with Gasteiger partial charge in [-0.1, -0.05) is 18.2 Å². The lowest BCUT2D eigenvalue weighted by Gasteiger charge is -2.07. The number of carbonyl (C=O) groups is 1. The van der Waals surface area contributed by atoms with Crippen molar-refractivity contribution in [1.29, 1.82) is 0 Å². The van der Waals surface area contributed by atoms with Crippen LogP contribution in [0.1, 0.15) is 21.7 Å². The third kappa shape index (κ3) is 2.85. The molecule has 0 saturated carbocycles. The summed E-state index contributed by atoms with van der Waals surface area (Å²) in [6.45, 7) is 3.87. The molecule has 3 aromatic rings. The number of amides is 1. The smallest absolute Gasteiger partial charge is 0.256 e. The van der Waals surface area contributed by atoms with Gasteiger partial charge in [0, 0.05) is 17.3 Å². The maximum atomic E-state index is 12.1. The molecule has 0 saturated heterocycles. The van der Waals surface area contributed by atoms with Crippen LogP contribution in [0.4, 0.5) is 5.82 Å². The van der Waals surface area contributed by atoms with Gasteiger partial charge in [0.25, 0.3) is 5.91 Å². The molecule has 22 heavy (non-hydrogen) atoms. The van der Waals surface area contributed by atoms with E-state index in [0.29, 0.717) is 17.2 Å². The zero-order chi connectivity index (χ0) is 15.5. The van der Waals surface area contributed by atoms with E-state index in [4.69, 9.17) is 0 Å². The fourth-order valence-corrected chi connectivity index (χ4v) is 2.17. The third-order valence-corrected chi connectivity index (χ3v) is 3.16. The average molecular weight is 293 g/mol. The predicted molar refractivity (Wildman–Crippen MR) is 83.0 cm³/mol. The van der Waals surface area contributed by atoms with Gasteiger partial charge in [-0.15, -0.1) is 0 Å². The molecule has 6 nitrogen and oxygen atoms in total. The first-order chi connectivity index (χ1) is 10.6. The molecular weight excluding hydrogens is 278 g/mol. The van der Waals surface area contributed by atoms with Crippen LogP contribution in [0.2, 0.25) is 0 Å². The first-order valence-corrected chi connectivity index (χ1v) is 6.85. The molecule has 0 fully saturated rings. The standard InChI is InChI=1S/C16H15N5O/c1-11-8-12(2)21(20-11)15-9-14(17-10-18-15)19-16(22)13-6-4-3-5-7-13/h3-10H,1-2H3,(H,17,18,19,22). The number of nitrogens with zero attached hydrogens (tertiary/aromatic N) is 4. The molecule has 110 valence electrons. The van der Waals surface area contributed by atoms with E-state index < -0.39 is 0 Å². The van der Waals surface area contributed by atoms with Crippen LogP contribution >= 0.6 is 0 Å². The number of carbonyl (C=O) groups excluding carboxylic acids is 1. The second-order valence-electron chi connectivity index (χ2n) is 4.92. The second kappa shape index (κ2) is 5.77. The molecule has 0 radical (unpaired) electrons. The van der Waals surface area contributed by atoms with Gasteiger partial charge >= 0.3 is 0 Å². The van der Waals surface area contributed by atoms with Gasteiger partial charge in [0.2, 0.25) is 0 Å². The zero-order valence-corrected chi connectivity index (χ0v) is 12.3. The van der Waals surface area contributed by atoms with E-state index in [-0.39, 0.29) is 5.91 Å². The Morgan fingerprint density at radius 1 is 1.09 bits per heavy atom. The second-order valence-corrected chi connectivity index (χ2v) is 4.92. The van der Waals surface area contributed by atoms with E-state index in [9.17, 15) is 4.79 Å². The molecule has 0 atom stereocenters. The van der Waals surface area contributed by atoms with Crippen molar-refractivity contribution in [1.82, 2.24) is 19.7 Å². The first-order valence-electron chi connectivity index (χ1n) is 6.85. The lowest BCUT2D eigenvalue weighted by molar-refractivity contribution is 0.102. The summed E-state index contributed by atoms with van der Waals surface area (Å²) in [4.78, 5) is 20.4. The minimum atomic E-state index is -0.210. The van der Waals surface area contributed by atoms with E-state index in [0.717, 1.165) is 11.4 Å². The molecule has 2 aromatic heterocycles. The number of benzene rings is 1. The molecule has 0 unspecified atom stereocenters. The summed E-state index contributed by atoms with van der Waals surface area (Å²) in [5, 5.41) is 7.14. The van der Waals surface area contributed by atoms with Crippen LogP contribution in [0.3, 0.4) is 0 Å². The van der Waals surface area contributed by atoms with Gasteiger partial charge in [0.15, 0.2) is 5.82 Å². The van der Waals surface area contributed by atoms with E-state index in [1.54, 1.807) is 22.9 Å². The monoisotopic (exact) mass is 293 g/mol. The van der Waals surface area contributed by atoms with E-state index in [1.165, 1.54) is 6.33 Å². The molecule has 0 aliphatic rings. The first kappa shape index (κ1) is 13.9. The fourth-order valence-electron chi connectivity index (χ4n) is 2.17. The lowest BCUT2D eigenvalue weighted by Crippen LogP contribution is -2.13. The number of anilines is 1. The molecule has 0 spiro atoms. The van der Waals surface area contributed by atoms with Crippen molar-refractivity contribution in [2.75, 3.05) is 5.32 Å². The maximum Gasteiger partial charge on any atom is 0.256 e. The SMILES string of the molecule is Cc1cc(C)n(-c2cc(NC(=O)c3ccccc3)ncn2)n1. The predicted octanol–water partition coefficient (Wildman–Crippen LogP) is 2.53. The number of rotatable bonds is 3. The summed E-state index contributed by atoms with van der Waals surface area (Å²) in [6, 6.07) is 12.6. The highest BCUT2D eigenvalue weighted by Gasteiger charge is 2.09. The van der Waals surface area contributed by atoms with Crippen molar-refractivity contribution in [3.05, 3.63) is 65.7 Å². The van der Waals surface area contributed by atoms with Crippen LogP contribution in [-0.4, -0.2) is 25.7 Å². The van der Waals surface area contributed by atoms with Crippen LogP contribution in [0, 0.1) is 13.8 Å². The molecule has 6 heteroatoms. The van der Waals surface area contributed by atoms with Crippen LogP contribution in [0.25, 0.3) is 5.82 Å². The highest BCUT2D eigenvalue weighted by atomic mass is 16.1. The van der Waals surface area contributed by atoms with Crippen LogP contribution in [0.5, 0.6) is 0 Å². The largest absolute Gasteiger partial charge is 0.306 e. The quantitative estimate of drug-likeness (QED) is 0.805. The summed E-state index contributed by atoms with van der Waals surface area (Å²) >= 11 is 0. The van der Waals surface area contributed by atoms with Crippen LogP contribution < -0.4 is 5.32 Å². The Bertz CT molecular complexity index is 810. The van der Waals surface area contributed by atoms with Gasteiger partial charge in [0.1, 0.15) is 12.1 Å². The molecule has 1 amide bonds. The van der Waals surface area contributed by atoms with Crippen molar-refractivity contribution in [3.63, 3.8) is 0 Å². The molecule has 1 N–H and O–H groups in total. The van der Waals surface area contributed by atoms with Crippen molar-refractivity contribution in [2.24, 2.45) is 0 Å². The number of nitrogens with one attached hydrogen (secondary N) is 1. The van der Waals surface area contributed by atoms with Crippen LogP contribution in [0.15, 0.2) is 48.8 Å². The molecular formula is C16H15N5O. The third-order valence-electron chi connectivity index (χ3n) is 3.16. The minimum absolute atomic E-state index is 0.210. The highest BCUT2D eigenvalue weighted by molar-refractivity contribution is 6.03. The summed E-state index contributed by atoms with van der Waals surface area (Å²) < 4.78 is 1.72. The number of aromatic nitrogens is 4. The van der Waals surface area contributed by atoms with Crippen molar-refractivity contribution >= 4 is 11.7 Å². The number of aryl methyl sites for hydroxylation is 2. The Kier molecular flexibility index (Phi) is 3.65. The highest BCUT2D eigenvalue weighted by Crippen LogP contribution is 2.13. The normalized spacial score (nSPS) is 10.5. The molecule has 3 rings (SSSR count). The minimum Gasteiger partial charge on any atom is -0.306 e. The average Bonchev–Trinajstić information content (AvgIpc) is 2.87. The summed E-state index contributed by atoms with van der Waals surface area (Å²) in [5.74, 6) is 0.842. The van der Waals surface area contributed by atoms with Gasteiger partial charge in [-0.2, -0.15) is 5.10 Å². The summed E-state index contributed by atoms with van der Waals surface area (Å²) in [5.41, 5.74) is 2.45. The maximum absolute atomic E-state index is 12.1. The Morgan fingerprint density at radius 3 is 2.55 bits per heavy atom. The molecule has 0 aliphatic carbocycles. The number of hydrogen-bond donors (Lipinski definition) is 1. The van der Waals surface area contributed by atoms with Gasteiger partial charge in [-0.25, -0.2) is 14.6 Å². The Hall–Kier alpha value is -3.02. The Morgan fingerprint density at radius 2 is 1.86 bits per heavy atom. The zero-order valence-electron chi connectivity index (χ0n) is 12.3. The molecule has 0 aliphatic heterocycles. The van der Waals surface area contributed by atoms with Gasteiger partial charge in [0.05, 0.1) is 5.69 Å². The van der Waals surface area contributed by atoms with E-state index in [2.05, 4.69) is 20.4 Å². The van der Waals surface area contributed by atoms with E-state index in [1.807, 2.05) is 38.1 Å². The fraction of sp³-hybridized carbons (Fsp3) is 0.125. The lowest BCUT2D eigenvalue weighted by atomic mass is 10.2. The topological polar surface area (TPSA) is 72.7 Å². The van der Waals surface area contributed by atoms with Gasteiger partial charge in [-0.05, 0) is 32.0 Å². The van der Waals surface area contributed by atoms with Gasteiger partial charge in [-0.3, -0.25) is 4.79 Å². The number of hydrogen-bond acceptors (Lipinski definition) is 4. The Balaban J connectivity index is 1.86. The van der Waals surface area contributed by atoms with Crippen molar-refractivity contribution < 1.29 is 4.79 Å². The van der Waals surface area contributed by atoms with Crippen molar-refractivity contribution in [3.8, 4) is 5.82 Å².